The number of carbonyl (C=O) groups excluding carboxylic acids is 1. The normalized spacial score (nSPS) is 18.4. The number of hydrogen-bond donors (Lipinski definition) is 2. The second-order valence-electron chi connectivity index (χ2n) is 5.69. The van der Waals surface area contributed by atoms with Crippen molar-refractivity contribution in [3.05, 3.63) is 41.9 Å². The van der Waals surface area contributed by atoms with Crippen molar-refractivity contribution in [1.82, 2.24) is 15.2 Å². The smallest absolute Gasteiger partial charge is 0.243 e. The predicted molar refractivity (Wildman–Crippen MR) is 102 cm³/mol. The summed E-state index contributed by atoms with van der Waals surface area (Å²) in [5.41, 5.74) is 5.19. The molecule has 1 heterocycles. The Labute approximate surface area is 158 Å². The lowest BCUT2D eigenvalue weighted by Crippen LogP contribution is -2.49. The van der Waals surface area contributed by atoms with Crippen molar-refractivity contribution in [2.75, 3.05) is 13.1 Å². The second-order valence-corrected chi connectivity index (χ2v) is 8.55. The summed E-state index contributed by atoms with van der Waals surface area (Å²) >= 11 is 10.8. The molecular weight excluding hydrogens is 382 g/mol. The highest BCUT2D eigenvalue weighted by atomic mass is 35.5. The number of benzene rings is 1. The van der Waals surface area contributed by atoms with Crippen molar-refractivity contribution in [2.45, 2.75) is 24.2 Å². The molecule has 0 aliphatic carbocycles. The SMILES string of the molecule is C=CCC(=S)NNC(=O)[C@@H]1CCCN(S(=O)(=O)c2ccc(Cl)cc2)C1. The summed E-state index contributed by atoms with van der Waals surface area (Å²) in [5, 5.41) is 0.469. The van der Waals surface area contributed by atoms with Gasteiger partial charge in [-0.2, -0.15) is 4.31 Å². The lowest BCUT2D eigenvalue weighted by Gasteiger charge is -2.31. The molecule has 136 valence electrons. The van der Waals surface area contributed by atoms with Crippen LogP contribution in [0.5, 0.6) is 0 Å². The van der Waals surface area contributed by atoms with E-state index in [-0.39, 0.29) is 17.3 Å². The number of sulfonamides is 1. The lowest BCUT2D eigenvalue weighted by molar-refractivity contribution is -0.126. The standard InChI is InChI=1S/C16H20ClN3O3S2/c1-2-4-15(24)18-19-16(21)12-5-3-10-20(11-12)25(22,23)14-8-6-13(17)7-9-14/h2,6-9,12H,1,3-5,10-11H2,(H,18,24)(H,19,21)/t12-/m1/s1. The fourth-order valence-electron chi connectivity index (χ4n) is 2.55. The predicted octanol–water partition coefficient (Wildman–Crippen LogP) is 2.26. The highest BCUT2D eigenvalue weighted by molar-refractivity contribution is 7.89. The maximum absolute atomic E-state index is 12.7. The number of hydrogen-bond acceptors (Lipinski definition) is 4. The number of thiocarbonyl (C=S) groups is 1. The van der Waals surface area contributed by atoms with Crippen molar-refractivity contribution >= 4 is 44.7 Å². The first kappa shape index (κ1) is 19.8. The molecule has 6 nitrogen and oxygen atoms in total. The first-order valence-corrected chi connectivity index (χ1v) is 10.0. The van der Waals surface area contributed by atoms with E-state index in [1.807, 2.05) is 0 Å². The van der Waals surface area contributed by atoms with Crippen LogP contribution in [0.15, 0.2) is 41.8 Å². The molecule has 1 saturated heterocycles. The summed E-state index contributed by atoms with van der Waals surface area (Å²) in [6.07, 6.45) is 3.32. The molecule has 1 fully saturated rings. The third-order valence-electron chi connectivity index (χ3n) is 3.86. The zero-order valence-electron chi connectivity index (χ0n) is 13.6. The number of nitrogens with zero attached hydrogens (tertiary/aromatic N) is 1. The number of rotatable bonds is 5. The average Bonchev–Trinajstić information content (AvgIpc) is 2.60. The summed E-state index contributed by atoms with van der Waals surface area (Å²) < 4.78 is 26.8. The van der Waals surface area contributed by atoms with Crippen molar-refractivity contribution < 1.29 is 13.2 Å². The van der Waals surface area contributed by atoms with E-state index in [9.17, 15) is 13.2 Å². The van der Waals surface area contributed by atoms with E-state index >= 15 is 0 Å². The maximum atomic E-state index is 12.7. The molecule has 0 saturated carbocycles. The summed E-state index contributed by atoms with van der Waals surface area (Å²) in [7, 11) is -3.65. The Morgan fingerprint density at radius 3 is 2.68 bits per heavy atom. The highest BCUT2D eigenvalue weighted by Gasteiger charge is 2.33. The van der Waals surface area contributed by atoms with E-state index in [0.29, 0.717) is 35.8 Å². The van der Waals surface area contributed by atoms with E-state index in [1.54, 1.807) is 6.08 Å². The van der Waals surface area contributed by atoms with Crippen LogP contribution in [0.2, 0.25) is 5.02 Å². The van der Waals surface area contributed by atoms with Gasteiger partial charge in [-0.25, -0.2) is 8.42 Å². The van der Waals surface area contributed by atoms with Gasteiger partial charge in [-0.05, 0) is 37.1 Å². The molecular formula is C16H20ClN3O3S2. The van der Waals surface area contributed by atoms with Crippen LogP contribution >= 0.6 is 23.8 Å². The number of piperidine rings is 1. The molecule has 0 bridgehead atoms. The molecule has 1 aromatic rings. The van der Waals surface area contributed by atoms with E-state index in [1.165, 1.54) is 28.6 Å². The van der Waals surface area contributed by atoms with Gasteiger partial charge in [0.25, 0.3) is 0 Å². The molecule has 1 aromatic carbocycles. The highest BCUT2D eigenvalue weighted by Crippen LogP contribution is 2.24. The van der Waals surface area contributed by atoms with Crippen LogP contribution in [0, 0.1) is 5.92 Å². The Bertz CT molecular complexity index is 750. The molecule has 1 aliphatic heterocycles. The molecule has 2 N–H and O–H groups in total. The van der Waals surface area contributed by atoms with Crippen molar-refractivity contribution in [3.8, 4) is 0 Å². The van der Waals surface area contributed by atoms with Crippen molar-refractivity contribution in [1.29, 1.82) is 0 Å². The Kier molecular flexibility index (Phi) is 6.95. The summed E-state index contributed by atoms with van der Waals surface area (Å²) in [6.45, 7) is 4.08. The van der Waals surface area contributed by atoms with Gasteiger partial charge in [0.05, 0.1) is 15.8 Å². The third-order valence-corrected chi connectivity index (χ3v) is 6.26. The number of nitrogens with one attached hydrogen (secondary N) is 2. The van der Waals surface area contributed by atoms with Crippen LogP contribution < -0.4 is 10.9 Å². The second kappa shape index (κ2) is 8.75. The molecule has 1 atom stereocenters. The largest absolute Gasteiger partial charge is 0.292 e. The van der Waals surface area contributed by atoms with Gasteiger partial charge < -0.3 is 0 Å². The van der Waals surface area contributed by atoms with Gasteiger partial charge in [-0.3, -0.25) is 15.6 Å². The zero-order chi connectivity index (χ0) is 18.4. The number of amides is 1. The number of hydrazine groups is 1. The first-order valence-electron chi connectivity index (χ1n) is 7.80. The molecule has 0 spiro atoms. The molecule has 1 amide bonds. The van der Waals surface area contributed by atoms with Gasteiger partial charge in [0, 0.05) is 24.5 Å². The van der Waals surface area contributed by atoms with Crippen LogP contribution in [-0.2, 0) is 14.8 Å². The molecule has 25 heavy (non-hydrogen) atoms. The monoisotopic (exact) mass is 401 g/mol. The quantitative estimate of drug-likeness (QED) is 0.449. The third kappa shape index (κ3) is 5.24. The van der Waals surface area contributed by atoms with Crippen LogP contribution in [-0.4, -0.2) is 36.7 Å². The molecule has 0 unspecified atom stereocenters. The van der Waals surface area contributed by atoms with Gasteiger partial charge in [0.1, 0.15) is 0 Å². The average molecular weight is 402 g/mol. The van der Waals surface area contributed by atoms with Crippen molar-refractivity contribution in [2.24, 2.45) is 5.92 Å². The molecule has 1 aliphatic rings. The van der Waals surface area contributed by atoms with Crippen LogP contribution in [0.25, 0.3) is 0 Å². The minimum Gasteiger partial charge on any atom is -0.292 e. The van der Waals surface area contributed by atoms with Crippen LogP contribution in [0.4, 0.5) is 0 Å². The molecule has 0 radical (unpaired) electrons. The number of halogens is 1. The minimum atomic E-state index is -3.65. The Hall–Kier alpha value is -1.48. The maximum Gasteiger partial charge on any atom is 0.243 e. The van der Waals surface area contributed by atoms with Crippen LogP contribution in [0.1, 0.15) is 19.3 Å². The first-order chi connectivity index (χ1) is 11.8. The molecule has 0 aromatic heterocycles. The summed E-state index contributed by atoms with van der Waals surface area (Å²) in [6, 6.07) is 6.01. The number of carbonyl (C=O) groups is 1. The summed E-state index contributed by atoms with van der Waals surface area (Å²) in [5.74, 6) is -0.711. The van der Waals surface area contributed by atoms with E-state index in [4.69, 9.17) is 23.8 Å². The van der Waals surface area contributed by atoms with Crippen molar-refractivity contribution in [3.63, 3.8) is 0 Å². The lowest BCUT2D eigenvalue weighted by atomic mass is 9.99. The van der Waals surface area contributed by atoms with E-state index in [0.717, 1.165) is 0 Å². The topological polar surface area (TPSA) is 78.5 Å². The Balaban J connectivity index is 2.02. The van der Waals surface area contributed by atoms with Gasteiger partial charge in [-0.1, -0.05) is 29.9 Å². The van der Waals surface area contributed by atoms with Gasteiger partial charge in [0.2, 0.25) is 15.9 Å². The van der Waals surface area contributed by atoms with E-state index in [2.05, 4.69) is 17.4 Å². The van der Waals surface area contributed by atoms with Gasteiger partial charge in [-0.15, -0.1) is 6.58 Å². The van der Waals surface area contributed by atoms with Gasteiger partial charge in [0.15, 0.2) is 0 Å². The Morgan fingerprint density at radius 1 is 1.36 bits per heavy atom. The van der Waals surface area contributed by atoms with E-state index < -0.39 is 15.9 Å². The Morgan fingerprint density at radius 2 is 2.04 bits per heavy atom. The summed E-state index contributed by atoms with van der Waals surface area (Å²) in [4.78, 5) is 12.9. The molecule has 2 rings (SSSR count). The fourth-order valence-corrected chi connectivity index (χ4v) is 4.36. The van der Waals surface area contributed by atoms with Gasteiger partial charge >= 0.3 is 0 Å². The zero-order valence-corrected chi connectivity index (χ0v) is 16.0. The molecule has 9 heteroatoms. The fraction of sp³-hybridized carbons (Fsp3) is 0.375. The minimum absolute atomic E-state index is 0.132. The van der Waals surface area contributed by atoms with Crippen LogP contribution in [0.3, 0.4) is 0 Å².